The molecule has 20 atom stereocenters. The van der Waals surface area contributed by atoms with Crippen LogP contribution in [0.4, 0.5) is 0 Å². The topological polar surface area (TPSA) is 197 Å². The second kappa shape index (κ2) is 15.8. The van der Waals surface area contributed by atoms with Crippen molar-refractivity contribution in [1.29, 1.82) is 0 Å². The van der Waals surface area contributed by atoms with Crippen LogP contribution in [0.15, 0.2) is 0 Å². The summed E-state index contributed by atoms with van der Waals surface area (Å²) >= 11 is 0. The van der Waals surface area contributed by atoms with Crippen molar-refractivity contribution in [3.8, 4) is 0 Å². The van der Waals surface area contributed by atoms with E-state index < -0.39 is 73.1 Å². The summed E-state index contributed by atoms with van der Waals surface area (Å²) in [5.74, 6) is 0.0285. The molecule has 6 fully saturated rings. The quantitative estimate of drug-likeness (QED) is 0.153. The SMILES string of the molecule is COC1COC(OCC2OC(O[C@@H](CC[C@@H](C)C3C[C@@H](O)C4[C@]3(C)CCC3[C@@]5(C)CC[C@H](O)CC5[C@@H](O)C[C@]34O)C(C)C)C(O)C2O)C(OC)C1O. The Kier molecular flexibility index (Phi) is 12.5. The van der Waals surface area contributed by atoms with Crippen LogP contribution in [0.2, 0.25) is 0 Å². The normalized spacial score (nSPS) is 51.9. The van der Waals surface area contributed by atoms with Gasteiger partial charge in [0.15, 0.2) is 12.6 Å². The van der Waals surface area contributed by atoms with Crippen LogP contribution < -0.4 is 0 Å². The molecule has 13 heteroatoms. The molecule has 6 aliphatic rings. The lowest BCUT2D eigenvalue weighted by atomic mass is 9.42. The molecule has 2 heterocycles. The average molecular weight is 745 g/mol. The highest BCUT2D eigenvalue weighted by molar-refractivity contribution is 5.20. The van der Waals surface area contributed by atoms with Crippen molar-refractivity contribution >= 4 is 0 Å². The fourth-order valence-corrected chi connectivity index (χ4v) is 12.3. The molecule has 12 unspecified atom stereocenters. The Morgan fingerprint density at radius 1 is 0.808 bits per heavy atom. The van der Waals surface area contributed by atoms with Crippen LogP contribution in [0, 0.1) is 46.3 Å². The van der Waals surface area contributed by atoms with Crippen molar-refractivity contribution in [2.24, 2.45) is 46.3 Å². The predicted octanol–water partition coefficient (Wildman–Crippen LogP) is 1.73. The first-order chi connectivity index (χ1) is 24.5. The maximum Gasteiger partial charge on any atom is 0.186 e. The van der Waals surface area contributed by atoms with Gasteiger partial charge >= 0.3 is 0 Å². The molecule has 0 spiro atoms. The van der Waals surface area contributed by atoms with E-state index >= 15 is 0 Å². The fraction of sp³-hybridized carbons (Fsp3) is 1.00. The van der Waals surface area contributed by atoms with Gasteiger partial charge in [-0.15, -0.1) is 0 Å². The van der Waals surface area contributed by atoms with Gasteiger partial charge in [0.1, 0.15) is 36.6 Å². The number of rotatable bonds is 12. The van der Waals surface area contributed by atoms with Crippen LogP contribution in [-0.4, -0.2) is 142 Å². The van der Waals surface area contributed by atoms with Gasteiger partial charge in [0, 0.05) is 26.6 Å². The lowest BCUT2D eigenvalue weighted by Crippen LogP contribution is -2.68. The Labute approximate surface area is 309 Å². The molecule has 0 amide bonds. The van der Waals surface area contributed by atoms with Gasteiger partial charge in [-0.05, 0) is 91.8 Å². The average Bonchev–Trinajstić information content (AvgIpc) is 3.53. The minimum atomic E-state index is -1.29. The molecule has 0 bridgehead atoms. The van der Waals surface area contributed by atoms with Crippen LogP contribution >= 0.6 is 0 Å². The first-order valence-corrected chi connectivity index (χ1v) is 19.9. The zero-order valence-electron chi connectivity index (χ0n) is 32.3. The van der Waals surface area contributed by atoms with Crippen molar-refractivity contribution in [3.05, 3.63) is 0 Å². The van der Waals surface area contributed by atoms with Gasteiger partial charge in [-0.1, -0.05) is 34.6 Å². The molecule has 7 N–H and O–H groups in total. The Hall–Kier alpha value is -0.520. The Morgan fingerprint density at radius 2 is 1.52 bits per heavy atom. The number of aliphatic hydroxyl groups excluding tert-OH is 6. The second-order valence-electron chi connectivity index (χ2n) is 18.3. The van der Waals surface area contributed by atoms with Crippen molar-refractivity contribution in [3.63, 3.8) is 0 Å². The van der Waals surface area contributed by atoms with Crippen molar-refractivity contribution in [2.75, 3.05) is 27.4 Å². The van der Waals surface area contributed by atoms with E-state index in [2.05, 4.69) is 34.6 Å². The Balaban J connectivity index is 1.06. The summed E-state index contributed by atoms with van der Waals surface area (Å²) in [5.41, 5.74) is -1.76. The minimum Gasteiger partial charge on any atom is -0.393 e. The summed E-state index contributed by atoms with van der Waals surface area (Å²) in [6.07, 6.45) is -3.79. The first-order valence-electron chi connectivity index (χ1n) is 19.9. The van der Waals surface area contributed by atoms with Crippen molar-refractivity contribution in [2.45, 2.75) is 172 Å². The number of ether oxygens (including phenoxy) is 6. The molecular formula is C39H68O13. The van der Waals surface area contributed by atoms with Crippen LogP contribution in [0.3, 0.4) is 0 Å². The van der Waals surface area contributed by atoms with E-state index in [0.717, 1.165) is 25.7 Å². The molecule has 4 saturated carbocycles. The largest absolute Gasteiger partial charge is 0.393 e. The summed E-state index contributed by atoms with van der Waals surface area (Å²) in [7, 11) is 2.92. The molecule has 0 aromatic heterocycles. The molecule has 0 aromatic carbocycles. The van der Waals surface area contributed by atoms with Gasteiger partial charge in [0.2, 0.25) is 0 Å². The first kappa shape index (κ1) is 41.1. The van der Waals surface area contributed by atoms with E-state index in [1.807, 2.05) is 0 Å². The molecule has 0 aromatic rings. The summed E-state index contributed by atoms with van der Waals surface area (Å²) in [5, 5.41) is 78.6. The molecule has 6 rings (SSSR count). The van der Waals surface area contributed by atoms with Gasteiger partial charge in [-0.3, -0.25) is 0 Å². The number of hydrogen-bond acceptors (Lipinski definition) is 13. The van der Waals surface area contributed by atoms with E-state index in [4.69, 9.17) is 28.4 Å². The van der Waals surface area contributed by atoms with E-state index in [-0.39, 0.29) is 72.1 Å². The van der Waals surface area contributed by atoms with Gasteiger partial charge in [0.05, 0.1) is 43.2 Å². The third kappa shape index (κ3) is 7.16. The lowest BCUT2D eigenvalue weighted by Gasteiger charge is -2.66. The van der Waals surface area contributed by atoms with E-state index in [0.29, 0.717) is 25.7 Å². The highest BCUT2D eigenvalue weighted by Crippen LogP contribution is 2.69. The number of aliphatic hydroxyl groups is 7. The smallest absolute Gasteiger partial charge is 0.186 e. The number of methoxy groups -OCH3 is 2. The van der Waals surface area contributed by atoms with E-state index in [9.17, 15) is 35.7 Å². The summed E-state index contributed by atoms with van der Waals surface area (Å²) in [4.78, 5) is 0. The highest BCUT2D eigenvalue weighted by atomic mass is 16.7. The lowest BCUT2D eigenvalue weighted by molar-refractivity contribution is -0.287. The van der Waals surface area contributed by atoms with Crippen LogP contribution in [0.25, 0.3) is 0 Å². The maximum absolute atomic E-state index is 12.6. The van der Waals surface area contributed by atoms with Crippen molar-refractivity contribution in [1.82, 2.24) is 0 Å². The third-order valence-corrected chi connectivity index (χ3v) is 15.1. The van der Waals surface area contributed by atoms with Gasteiger partial charge < -0.3 is 64.2 Å². The molecule has 0 radical (unpaired) electrons. The second-order valence-corrected chi connectivity index (χ2v) is 18.3. The molecule has 52 heavy (non-hydrogen) atoms. The molecule has 2 saturated heterocycles. The van der Waals surface area contributed by atoms with Crippen molar-refractivity contribution < 1.29 is 64.2 Å². The van der Waals surface area contributed by atoms with Gasteiger partial charge in [-0.25, -0.2) is 0 Å². The number of hydrogen-bond donors (Lipinski definition) is 7. The fourth-order valence-electron chi connectivity index (χ4n) is 12.3. The van der Waals surface area contributed by atoms with Gasteiger partial charge in [-0.2, -0.15) is 0 Å². The van der Waals surface area contributed by atoms with Crippen LogP contribution in [0.5, 0.6) is 0 Å². The highest BCUT2D eigenvalue weighted by Gasteiger charge is 2.70. The summed E-state index contributed by atoms with van der Waals surface area (Å²) in [6.45, 7) is 10.7. The van der Waals surface area contributed by atoms with E-state index in [1.165, 1.54) is 14.2 Å². The van der Waals surface area contributed by atoms with Crippen LogP contribution in [0.1, 0.15) is 92.4 Å². The third-order valence-electron chi connectivity index (χ3n) is 15.1. The molecule has 2 aliphatic heterocycles. The Morgan fingerprint density at radius 3 is 2.19 bits per heavy atom. The number of fused-ring (bicyclic) bond motifs is 5. The molecule has 13 nitrogen and oxygen atoms in total. The standard InChI is InChI=1S/C39H68O13/c1-19(2)26(51-35-32(45)30(43)28(52-35)18-50-36-33(48-7)31(44)27(47-6)17-49-36)9-8-20(3)22-15-24(41)34-38(22,5)13-11-29-37(4)12-10-21(40)14-23(37)25(42)16-39(29,34)46/h19-36,40-46H,8-18H2,1-7H3/t20-,21+,22?,23?,24-,25+,26+,27?,28?,29?,30?,31?,32?,33?,34?,35?,36?,37+,38-,39+/m1/s1. The van der Waals surface area contributed by atoms with Gasteiger partial charge in [0.25, 0.3) is 0 Å². The summed E-state index contributed by atoms with van der Waals surface area (Å²) in [6, 6.07) is 0. The zero-order valence-corrected chi connectivity index (χ0v) is 32.3. The monoisotopic (exact) mass is 744 g/mol. The molecule has 4 aliphatic carbocycles. The minimum absolute atomic E-state index is 0.0324. The molecule has 302 valence electrons. The maximum atomic E-state index is 12.6. The zero-order chi connectivity index (χ0) is 37.9. The predicted molar refractivity (Wildman–Crippen MR) is 188 cm³/mol. The van der Waals surface area contributed by atoms with E-state index in [1.54, 1.807) is 0 Å². The van der Waals surface area contributed by atoms with Crippen LogP contribution in [-0.2, 0) is 28.4 Å². The Bertz CT molecular complexity index is 1190. The summed E-state index contributed by atoms with van der Waals surface area (Å²) < 4.78 is 34.6. The molecular weight excluding hydrogens is 676 g/mol.